The number of nitrogens with zero attached hydrogens (tertiary/aromatic N) is 2. The molecular weight excluding hydrogens is 292 g/mol. The monoisotopic (exact) mass is 309 g/mol. The van der Waals surface area contributed by atoms with Gasteiger partial charge in [-0.2, -0.15) is 10.5 Å². The first kappa shape index (κ1) is 14.2. The van der Waals surface area contributed by atoms with Crippen molar-refractivity contribution in [2.45, 2.75) is 31.3 Å². The van der Waals surface area contributed by atoms with Crippen LogP contribution in [0, 0.1) is 33.5 Å². The Balaban J connectivity index is 2.01. The molecule has 6 heteroatoms. The second-order valence-corrected chi connectivity index (χ2v) is 6.61. The number of hydrogen-bond donors (Lipinski definition) is 2. The number of hydrogen-bond acceptors (Lipinski definition) is 5. The largest absolute Gasteiger partial charge is 0.344 e. The zero-order chi connectivity index (χ0) is 16.5. The zero-order valence-electron chi connectivity index (χ0n) is 13.0. The van der Waals surface area contributed by atoms with E-state index in [2.05, 4.69) is 17.1 Å². The minimum Gasteiger partial charge on any atom is -0.311 e. The van der Waals surface area contributed by atoms with Crippen LogP contribution in [0.3, 0.4) is 0 Å². The maximum atomic E-state index is 10.1. The van der Waals surface area contributed by atoms with Crippen LogP contribution in [0.5, 0.6) is 0 Å². The lowest BCUT2D eigenvalue weighted by Crippen LogP contribution is -2.90. The molecule has 1 aromatic rings. The maximum absolute atomic E-state index is 10.1. The summed E-state index contributed by atoms with van der Waals surface area (Å²) in [6.07, 6.45) is -0.185. The third-order valence-electron chi connectivity index (χ3n) is 5.77. The van der Waals surface area contributed by atoms with Gasteiger partial charge in [0, 0.05) is 0 Å². The van der Waals surface area contributed by atoms with Crippen molar-refractivity contribution in [2.75, 3.05) is 6.61 Å². The van der Waals surface area contributed by atoms with Crippen LogP contribution < -0.4 is 10.7 Å². The Morgan fingerprint density at radius 2 is 1.96 bits per heavy atom. The minimum absolute atomic E-state index is 0.185. The number of nitriles is 2. The lowest BCUT2D eigenvalue weighted by molar-refractivity contribution is -0.679. The van der Waals surface area contributed by atoms with Gasteiger partial charge >= 0.3 is 5.91 Å². The molecule has 0 aromatic heterocycles. The molecule has 0 radical (unpaired) electrons. The van der Waals surface area contributed by atoms with Crippen molar-refractivity contribution < 1.29 is 14.5 Å². The van der Waals surface area contributed by atoms with Crippen molar-refractivity contribution in [3.05, 3.63) is 35.9 Å². The number of benzene rings is 1. The van der Waals surface area contributed by atoms with Gasteiger partial charge in [-0.25, -0.2) is 4.99 Å². The summed E-state index contributed by atoms with van der Waals surface area (Å²) in [5, 5.41) is 20.1. The normalized spacial score (nSPS) is 46.8. The van der Waals surface area contributed by atoms with Gasteiger partial charge in [-0.15, -0.1) is 0 Å². The number of nitrogens with two attached hydrogens (primary N) is 1. The van der Waals surface area contributed by atoms with Crippen molar-refractivity contribution >= 4 is 5.84 Å². The Bertz CT molecular complexity index is 810. The van der Waals surface area contributed by atoms with E-state index in [9.17, 15) is 10.5 Å². The van der Waals surface area contributed by atoms with Crippen LogP contribution in [0.25, 0.3) is 0 Å². The third-order valence-corrected chi connectivity index (χ3v) is 5.77. The molecule has 0 amide bonds. The summed E-state index contributed by atoms with van der Waals surface area (Å²) in [7, 11) is 0. The molecule has 1 aromatic carbocycles. The van der Waals surface area contributed by atoms with Gasteiger partial charge in [-0.3, -0.25) is 5.73 Å². The predicted octanol–water partition coefficient (Wildman–Crippen LogP) is -0.482. The van der Waals surface area contributed by atoms with Gasteiger partial charge in [-0.1, -0.05) is 37.3 Å². The fourth-order valence-electron chi connectivity index (χ4n) is 4.71. The molecule has 2 aliphatic heterocycles. The van der Waals surface area contributed by atoms with Crippen molar-refractivity contribution in [3.8, 4) is 12.1 Å². The van der Waals surface area contributed by atoms with Gasteiger partial charge < -0.3 is 9.47 Å². The van der Waals surface area contributed by atoms with Crippen molar-refractivity contribution in [1.29, 1.82) is 10.5 Å². The Kier molecular flexibility index (Phi) is 2.42. The number of rotatable bonds is 1. The molecule has 116 valence electrons. The van der Waals surface area contributed by atoms with Crippen molar-refractivity contribution in [2.24, 2.45) is 16.6 Å². The van der Waals surface area contributed by atoms with Crippen LogP contribution in [0.15, 0.2) is 30.3 Å². The van der Waals surface area contributed by atoms with E-state index in [1.165, 1.54) is 0 Å². The Morgan fingerprint density at radius 3 is 2.48 bits per heavy atom. The Hall–Kier alpha value is -2.41. The van der Waals surface area contributed by atoms with Gasteiger partial charge in [0.2, 0.25) is 0 Å². The standard InChI is InChI=1S/C17H16N4O2/c1-11-8-22-17(23-11)16(10-19)14(2,12-6-4-3-5-7-12)15(16,9-18)13(20)21-17/h3-7,11H,8H2,1-2H3,(H2,20,21)/p+1/t11-,14-,15-,16+,17+/m0/s1. The van der Waals surface area contributed by atoms with E-state index < -0.39 is 22.2 Å². The zero-order valence-corrected chi connectivity index (χ0v) is 13.0. The Morgan fingerprint density at radius 1 is 1.26 bits per heavy atom. The SMILES string of the molecule is C[C@H]1CO[C@@]2([NH+]=C(N)[C@@]3(C#N)[C@](C)(c4ccccc4)[C@@]23C#N)O1. The van der Waals surface area contributed by atoms with Gasteiger partial charge in [0.1, 0.15) is 0 Å². The first-order valence-corrected chi connectivity index (χ1v) is 7.56. The van der Waals surface area contributed by atoms with Gasteiger partial charge in [0.15, 0.2) is 10.8 Å². The third kappa shape index (κ3) is 1.12. The first-order valence-electron chi connectivity index (χ1n) is 7.56. The maximum Gasteiger partial charge on any atom is 0.344 e. The molecule has 3 aliphatic rings. The highest BCUT2D eigenvalue weighted by molar-refractivity contribution is 5.97. The van der Waals surface area contributed by atoms with E-state index in [0.29, 0.717) is 6.61 Å². The molecule has 3 N–H and O–H groups in total. The number of fused-ring (bicyclic) bond motifs is 2. The summed E-state index contributed by atoms with van der Waals surface area (Å²) < 4.78 is 11.8. The molecule has 1 spiro atoms. The van der Waals surface area contributed by atoms with Crippen LogP contribution in [-0.4, -0.2) is 24.5 Å². The highest BCUT2D eigenvalue weighted by atomic mass is 16.8. The summed E-state index contributed by atoms with van der Waals surface area (Å²) in [5.41, 5.74) is 3.84. The van der Waals surface area contributed by atoms with Crippen molar-refractivity contribution in [1.82, 2.24) is 0 Å². The van der Waals surface area contributed by atoms with E-state index in [1.54, 1.807) is 0 Å². The average Bonchev–Trinajstić information content (AvgIpc) is 2.74. The van der Waals surface area contributed by atoms with E-state index >= 15 is 0 Å². The predicted molar refractivity (Wildman–Crippen MR) is 79.3 cm³/mol. The first-order chi connectivity index (χ1) is 11.0. The van der Waals surface area contributed by atoms with Crippen LogP contribution in [0.2, 0.25) is 0 Å². The number of nitrogens with one attached hydrogen (secondary N) is 1. The van der Waals surface area contributed by atoms with E-state index in [1.807, 2.05) is 44.2 Å². The fourth-order valence-corrected chi connectivity index (χ4v) is 4.71. The fraction of sp³-hybridized carbons (Fsp3) is 0.471. The topological polar surface area (TPSA) is 106 Å². The summed E-state index contributed by atoms with van der Waals surface area (Å²) in [6, 6.07) is 14.1. The second-order valence-electron chi connectivity index (χ2n) is 6.61. The van der Waals surface area contributed by atoms with Crippen molar-refractivity contribution in [3.63, 3.8) is 0 Å². The molecule has 5 atom stereocenters. The lowest BCUT2D eigenvalue weighted by Gasteiger charge is -2.27. The molecule has 6 nitrogen and oxygen atoms in total. The molecule has 2 heterocycles. The molecule has 1 saturated carbocycles. The number of amidine groups is 1. The highest BCUT2D eigenvalue weighted by Gasteiger charge is 3.03. The molecule has 1 saturated heterocycles. The molecule has 4 rings (SSSR count). The molecule has 0 unspecified atom stereocenters. The summed E-state index contributed by atoms with van der Waals surface area (Å²) >= 11 is 0. The number of ether oxygens (including phenoxy) is 2. The van der Waals surface area contributed by atoms with E-state index in [-0.39, 0.29) is 11.9 Å². The summed E-state index contributed by atoms with van der Waals surface area (Å²) in [4.78, 5) is 2.97. The van der Waals surface area contributed by atoms with Gasteiger partial charge in [-0.05, 0) is 12.5 Å². The van der Waals surface area contributed by atoms with Crippen LogP contribution >= 0.6 is 0 Å². The second kappa shape index (κ2) is 3.91. The molecule has 2 fully saturated rings. The van der Waals surface area contributed by atoms with Crippen LogP contribution in [-0.2, 0) is 14.9 Å². The summed E-state index contributed by atoms with van der Waals surface area (Å²) in [5.74, 6) is -1.15. The quantitative estimate of drug-likeness (QED) is 0.729. The smallest absolute Gasteiger partial charge is 0.311 e. The van der Waals surface area contributed by atoms with Gasteiger partial charge in [0.05, 0.1) is 30.3 Å². The minimum atomic E-state index is -1.38. The summed E-state index contributed by atoms with van der Waals surface area (Å²) in [6.45, 7) is 4.10. The van der Waals surface area contributed by atoms with Gasteiger partial charge in [0.25, 0.3) is 5.84 Å². The van der Waals surface area contributed by atoms with E-state index in [4.69, 9.17) is 15.2 Å². The Labute approximate surface area is 134 Å². The average molecular weight is 309 g/mol. The highest BCUT2D eigenvalue weighted by Crippen LogP contribution is 2.82. The molecular formula is C17H17N4O2+. The lowest BCUT2D eigenvalue weighted by atomic mass is 9.85. The molecule has 0 bridgehead atoms. The van der Waals surface area contributed by atoms with Crippen LogP contribution in [0.1, 0.15) is 19.4 Å². The molecule has 1 aliphatic carbocycles. The van der Waals surface area contributed by atoms with E-state index in [0.717, 1.165) is 5.56 Å². The van der Waals surface area contributed by atoms with Crippen LogP contribution in [0.4, 0.5) is 0 Å². The molecule has 23 heavy (non-hydrogen) atoms.